The second-order valence-corrected chi connectivity index (χ2v) is 5.10. The van der Waals surface area contributed by atoms with Gasteiger partial charge in [0, 0.05) is 17.4 Å². The van der Waals surface area contributed by atoms with E-state index in [1.165, 1.54) is 0 Å². The number of fused-ring (bicyclic) bond motifs is 1. The number of para-hydroxylation sites is 1. The summed E-state index contributed by atoms with van der Waals surface area (Å²) in [4.78, 5) is 12.2. The standard InChI is InChI=1S/C19H13NO2/c21-19-18(14-7-3-1-4-8-14)16-11-12-20(13-17(16)22-19)15-9-5-2-6-10-15/h1-13H. The van der Waals surface area contributed by atoms with E-state index in [4.69, 9.17) is 4.42 Å². The van der Waals surface area contributed by atoms with Gasteiger partial charge in [-0.15, -0.1) is 0 Å². The lowest BCUT2D eigenvalue weighted by atomic mass is 10.0. The normalized spacial score (nSPS) is 10.9. The molecule has 0 saturated carbocycles. The van der Waals surface area contributed by atoms with Gasteiger partial charge in [0.15, 0.2) is 5.76 Å². The van der Waals surface area contributed by atoms with Gasteiger partial charge in [-0.05, 0) is 23.8 Å². The first-order valence-corrected chi connectivity index (χ1v) is 7.08. The Labute approximate surface area is 127 Å². The van der Waals surface area contributed by atoms with E-state index in [0.717, 1.165) is 16.8 Å². The third-order valence-electron chi connectivity index (χ3n) is 3.72. The number of aromatic nitrogens is 1. The van der Waals surface area contributed by atoms with Gasteiger partial charge in [0.2, 0.25) is 0 Å². The van der Waals surface area contributed by atoms with Crippen LogP contribution < -0.4 is 5.63 Å². The summed E-state index contributed by atoms with van der Waals surface area (Å²) >= 11 is 0. The Morgan fingerprint density at radius 3 is 2.23 bits per heavy atom. The summed E-state index contributed by atoms with van der Waals surface area (Å²) in [5, 5.41) is 0. The highest BCUT2D eigenvalue weighted by Gasteiger charge is 2.19. The van der Waals surface area contributed by atoms with Gasteiger partial charge in [-0.25, -0.2) is 4.79 Å². The fourth-order valence-corrected chi connectivity index (χ4v) is 2.66. The molecule has 0 spiro atoms. The summed E-state index contributed by atoms with van der Waals surface area (Å²) in [6.07, 6.45) is 3.79. The molecule has 0 fully saturated rings. The SMILES string of the molecule is O=c1oc2cn(-c3ccccc3)ccc-2c1-c1ccccc1. The smallest absolute Gasteiger partial charge is 0.344 e. The van der Waals surface area contributed by atoms with Gasteiger partial charge in [0.1, 0.15) is 0 Å². The lowest BCUT2D eigenvalue weighted by molar-refractivity contribution is 0.542. The first kappa shape index (κ1) is 12.7. The maximum absolute atomic E-state index is 12.2. The zero-order chi connectivity index (χ0) is 14.9. The molecule has 0 amide bonds. The van der Waals surface area contributed by atoms with E-state index < -0.39 is 0 Å². The van der Waals surface area contributed by atoms with Crippen molar-refractivity contribution in [3.05, 3.63) is 89.5 Å². The van der Waals surface area contributed by atoms with Crippen LogP contribution in [0.4, 0.5) is 0 Å². The molecule has 2 heterocycles. The van der Waals surface area contributed by atoms with Crippen molar-refractivity contribution in [1.29, 1.82) is 0 Å². The summed E-state index contributed by atoms with van der Waals surface area (Å²) in [5.41, 5.74) is 3.06. The van der Waals surface area contributed by atoms with Crippen molar-refractivity contribution in [2.75, 3.05) is 0 Å². The van der Waals surface area contributed by atoms with E-state index in [1.807, 2.05) is 83.7 Å². The summed E-state index contributed by atoms with van der Waals surface area (Å²) in [5.74, 6) is 0.593. The molecule has 2 aliphatic rings. The molecule has 0 bridgehead atoms. The van der Waals surface area contributed by atoms with E-state index >= 15 is 0 Å². The maximum Gasteiger partial charge on any atom is 0.344 e. The molecule has 2 aliphatic heterocycles. The van der Waals surface area contributed by atoms with Crippen molar-refractivity contribution in [2.45, 2.75) is 0 Å². The van der Waals surface area contributed by atoms with Gasteiger partial charge < -0.3 is 8.98 Å². The first-order valence-electron chi connectivity index (χ1n) is 7.08. The van der Waals surface area contributed by atoms with Gasteiger partial charge in [-0.3, -0.25) is 0 Å². The molecule has 4 rings (SSSR count). The Morgan fingerprint density at radius 1 is 0.818 bits per heavy atom. The van der Waals surface area contributed by atoms with Gasteiger partial charge in [-0.1, -0.05) is 48.5 Å². The van der Waals surface area contributed by atoms with E-state index in [-0.39, 0.29) is 5.63 Å². The number of pyridine rings is 1. The second kappa shape index (κ2) is 5.04. The van der Waals surface area contributed by atoms with E-state index in [2.05, 4.69) is 0 Å². The first-order chi connectivity index (χ1) is 10.8. The van der Waals surface area contributed by atoms with Crippen molar-refractivity contribution in [3.63, 3.8) is 0 Å². The van der Waals surface area contributed by atoms with Crippen LogP contribution in [0.5, 0.6) is 0 Å². The van der Waals surface area contributed by atoms with Crippen LogP contribution in [-0.2, 0) is 0 Å². The second-order valence-electron chi connectivity index (χ2n) is 5.10. The average Bonchev–Trinajstić information content (AvgIpc) is 2.91. The highest BCUT2D eigenvalue weighted by atomic mass is 16.4. The lowest BCUT2D eigenvalue weighted by Crippen LogP contribution is -1.96. The van der Waals surface area contributed by atoms with Crippen molar-refractivity contribution in [1.82, 2.24) is 4.57 Å². The third-order valence-corrected chi connectivity index (χ3v) is 3.72. The molecule has 0 N–H and O–H groups in total. The fraction of sp³-hybridized carbons (Fsp3) is 0. The van der Waals surface area contributed by atoms with Crippen molar-refractivity contribution in [3.8, 4) is 28.1 Å². The van der Waals surface area contributed by atoms with Gasteiger partial charge in [0.05, 0.1) is 11.8 Å². The number of nitrogens with zero attached hydrogens (tertiary/aromatic N) is 1. The maximum atomic E-state index is 12.2. The number of benzene rings is 2. The minimum Gasteiger partial charge on any atom is -0.421 e. The zero-order valence-electron chi connectivity index (χ0n) is 11.8. The van der Waals surface area contributed by atoms with Crippen LogP contribution in [0.2, 0.25) is 0 Å². The number of hydrogen-bond donors (Lipinski definition) is 0. The average molecular weight is 287 g/mol. The van der Waals surface area contributed by atoms with Crippen LogP contribution in [0.1, 0.15) is 0 Å². The van der Waals surface area contributed by atoms with Crippen LogP contribution in [0.25, 0.3) is 28.1 Å². The monoisotopic (exact) mass is 287 g/mol. The lowest BCUT2D eigenvalue weighted by Gasteiger charge is -2.08. The van der Waals surface area contributed by atoms with Crippen molar-refractivity contribution in [2.24, 2.45) is 0 Å². The molecule has 106 valence electrons. The molecule has 0 aliphatic carbocycles. The minimum absolute atomic E-state index is 0.299. The number of rotatable bonds is 2. The fourth-order valence-electron chi connectivity index (χ4n) is 2.66. The molecule has 0 saturated heterocycles. The summed E-state index contributed by atoms with van der Waals surface area (Å²) in [6, 6.07) is 21.5. The van der Waals surface area contributed by atoms with E-state index in [9.17, 15) is 4.79 Å². The van der Waals surface area contributed by atoms with Gasteiger partial charge in [-0.2, -0.15) is 0 Å². The highest BCUT2D eigenvalue weighted by molar-refractivity contribution is 5.81. The van der Waals surface area contributed by atoms with E-state index in [0.29, 0.717) is 11.3 Å². The molecule has 2 aromatic rings. The topological polar surface area (TPSA) is 35.1 Å². The summed E-state index contributed by atoms with van der Waals surface area (Å²) < 4.78 is 7.38. The third kappa shape index (κ3) is 2.04. The van der Waals surface area contributed by atoms with Crippen molar-refractivity contribution < 1.29 is 4.42 Å². The zero-order valence-corrected chi connectivity index (χ0v) is 11.8. The quantitative estimate of drug-likeness (QED) is 0.554. The van der Waals surface area contributed by atoms with Crippen LogP contribution in [0, 0.1) is 0 Å². The predicted molar refractivity (Wildman–Crippen MR) is 86.4 cm³/mol. The molecule has 0 unspecified atom stereocenters. The Balaban J connectivity index is 1.90. The molecule has 0 atom stereocenters. The Hall–Kier alpha value is -3.07. The van der Waals surface area contributed by atoms with Gasteiger partial charge >= 0.3 is 5.63 Å². The molecule has 0 radical (unpaired) electrons. The van der Waals surface area contributed by atoms with Crippen LogP contribution in [0.3, 0.4) is 0 Å². The molecule has 22 heavy (non-hydrogen) atoms. The van der Waals surface area contributed by atoms with Gasteiger partial charge in [0.25, 0.3) is 0 Å². The molecule has 3 nitrogen and oxygen atoms in total. The van der Waals surface area contributed by atoms with Crippen LogP contribution in [0.15, 0.2) is 88.3 Å². The molecular weight excluding hydrogens is 274 g/mol. The van der Waals surface area contributed by atoms with E-state index in [1.54, 1.807) is 0 Å². The van der Waals surface area contributed by atoms with Crippen molar-refractivity contribution >= 4 is 0 Å². The molecule has 2 aromatic carbocycles. The minimum atomic E-state index is -0.299. The summed E-state index contributed by atoms with van der Waals surface area (Å²) in [7, 11) is 0. The molecule has 3 heteroatoms. The largest absolute Gasteiger partial charge is 0.421 e. The number of furan rings is 1. The Bertz CT molecular complexity index is 936. The van der Waals surface area contributed by atoms with Crippen LogP contribution >= 0.6 is 0 Å². The summed E-state index contributed by atoms with van der Waals surface area (Å²) in [6.45, 7) is 0. The molecule has 0 aromatic heterocycles. The van der Waals surface area contributed by atoms with Crippen LogP contribution in [-0.4, -0.2) is 4.57 Å². The molecular formula is C19H13NO2. The predicted octanol–water partition coefficient (Wildman–Crippen LogP) is 4.20. The Kier molecular flexibility index (Phi) is 2.90. The highest BCUT2D eigenvalue weighted by Crippen LogP contribution is 2.32. The Morgan fingerprint density at radius 2 is 1.50 bits per heavy atom. The number of hydrogen-bond acceptors (Lipinski definition) is 2.